The maximum Gasteiger partial charge on any atom is 0.419 e. The summed E-state index contributed by atoms with van der Waals surface area (Å²) >= 11 is 0. The molecule has 3 aromatic rings. The van der Waals surface area contributed by atoms with Crippen LogP contribution in [-0.4, -0.2) is 61.0 Å². The summed E-state index contributed by atoms with van der Waals surface area (Å²) in [6, 6.07) is 11.6. The number of methoxy groups -OCH3 is 2. The number of nitrogens with zero attached hydrogens (tertiary/aromatic N) is 2. The lowest BCUT2D eigenvalue weighted by Crippen LogP contribution is -2.45. The molecule has 1 saturated heterocycles. The molecule has 4 rings (SSSR count). The molecule has 8 heteroatoms. The first-order chi connectivity index (χ1) is 17.1. The van der Waals surface area contributed by atoms with Crippen LogP contribution in [0.25, 0.3) is 10.9 Å². The lowest BCUT2D eigenvalue weighted by Gasteiger charge is -2.37. The van der Waals surface area contributed by atoms with Crippen molar-refractivity contribution in [3.8, 4) is 5.75 Å². The second-order valence-electron chi connectivity index (χ2n) is 10.1. The number of hydrogen-bond donors (Lipinski definition) is 1. The van der Waals surface area contributed by atoms with Gasteiger partial charge in [0.25, 0.3) is 0 Å². The van der Waals surface area contributed by atoms with E-state index in [2.05, 4.69) is 10.2 Å². The van der Waals surface area contributed by atoms with E-state index in [1.165, 1.54) is 7.11 Å². The Labute approximate surface area is 212 Å². The molecule has 192 valence electrons. The van der Waals surface area contributed by atoms with Crippen molar-refractivity contribution in [2.24, 2.45) is 0 Å². The number of esters is 1. The predicted molar refractivity (Wildman–Crippen MR) is 139 cm³/mol. The number of hydrogen-bond acceptors (Lipinski definition) is 7. The zero-order valence-electron chi connectivity index (χ0n) is 21.9. The summed E-state index contributed by atoms with van der Waals surface area (Å²) < 4.78 is 17.9. The number of aromatic nitrogens is 1. The molecular formula is C28H35N3O5. The van der Waals surface area contributed by atoms with Crippen molar-refractivity contribution in [1.82, 2.24) is 14.8 Å². The Morgan fingerprint density at radius 3 is 2.47 bits per heavy atom. The maximum absolute atomic E-state index is 12.9. The molecule has 0 radical (unpaired) electrons. The van der Waals surface area contributed by atoms with Gasteiger partial charge in [-0.2, -0.15) is 0 Å². The molecule has 1 aliphatic heterocycles. The zero-order chi connectivity index (χ0) is 26.0. The summed E-state index contributed by atoms with van der Waals surface area (Å²) in [5, 5.41) is 4.45. The third kappa shape index (κ3) is 5.24. The first-order valence-electron chi connectivity index (χ1n) is 12.2. The second kappa shape index (κ2) is 10.3. The Balaban J connectivity index is 1.70. The Morgan fingerprint density at radius 2 is 1.83 bits per heavy atom. The fourth-order valence-corrected chi connectivity index (χ4v) is 4.80. The number of fused-ring (bicyclic) bond motifs is 1. The molecule has 36 heavy (non-hydrogen) atoms. The quantitative estimate of drug-likeness (QED) is 0.517. The number of rotatable bonds is 5. The largest absolute Gasteiger partial charge is 0.496 e. The summed E-state index contributed by atoms with van der Waals surface area (Å²) in [6.45, 7) is 10.7. The molecule has 0 spiro atoms. The van der Waals surface area contributed by atoms with Gasteiger partial charge in [-0.05, 0) is 63.1 Å². The molecule has 0 saturated carbocycles. The Kier molecular flexibility index (Phi) is 7.38. The van der Waals surface area contributed by atoms with E-state index < -0.39 is 11.7 Å². The minimum absolute atomic E-state index is 0.111. The van der Waals surface area contributed by atoms with E-state index in [0.29, 0.717) is 12.1 Å². The van der Waals surface area contributed by atoms with Crippen molar-refractivity contribution in [2.45, 2.75) is 45.9 Å². The number of carbonyl (C=O) groups is 2. The van der Waals surface area contributed by atoms with Crippen molar-refractivity contribution < 1.29 is 23.8 Å². The highest BCUT2D eigenvalue weighted by Gasteiger charge is 2.27. The minimum atomic E-state index is -0.589. The highest BCUT2D eigenvalue weighted by atomic mass is 16.6. The average Bonchev–Trinajstić information content (AvgIpc) is 3.31. The van der Waals surface area contributed by atoms with Crippen LogP contribution in [0.4, 0.5) is 4.79 Å². The number of nitrogens with one attached hydrogen (secondary N) is 1. The van der Waals surface area contributed by atoms with Crippen LogP contribution in [0.5, 0.6) is 5.75 Å². The van der Waals surface area contributed by atoms with Gasteiger partial charge in [-0.3, -0.25) is 9.47 Å². The topological polar surface area (TPSA) is 82.0 Å². The molecule has 8 nitrogen and oxygen atoms in total. The van der Waals surface area contributed by atoms with Gasteiger partial charge >= 0.3 is 12.1 Å². The summed E-state index contributed by atoms with van der Waals surface area (Å²) in [5.41, 5.74) is 3.85. The average molecular weight is 494 g/mol. The molecule has 1 aliphatic rings. The molecule has 0 bridgehead atoms. The number of benzene rings is 2. The number of aryl methyl sites for hydroxylation is 1. The molecule has 1 fully saturated rings. The van der Waals surface area contributed by atoms with E-state index in [1.54, 1.807) is 30.0 Å². The predicted octanol–water partition coefficient (Wildman–Crippen LogP) is 4.67. The Hall–Kier alpha value is -3.36. The SMILES string of the molecule is COC(=O)c1ccc([C@@H]2CNCCN2Cc2c(OC)cc(C)c3c2ccn3C(=O)OC(C)(C)C)cc1. The first kappa shape index (κ1) is 25.7. The van der Waals surface area contributed by atoms with E-state index >= 15 is 0 Å². The van der Waals surface area contributed by atoms with Crippen molar-refractivity contribution in [1.29, 1.82) is 0 Å². The lowest BCUT2D eigenvalue weighted by atomic mass is 9.99. The van der Waals surface area contributed by atoms with Crippen LogP contribution in [0.1, 0.15) is 53.9 Å². The van der Waals surface area contributed by atoms with Crippen LogP contribution in [0.3, 0.4) is 0 Å². The molecule has 0 amide bonds. The maximum atomic E-state index is 12.9. The van der Waals surface area contributed by atoms with E-state index in [0.717, 1.165) is 53.0 Å². The smallest absolute Gasteiger partial charge is 0.419 e. The highest BCUT2D eigenvalue weighted by Crippen LogP contribution is 2.35. The van der Waals surface area contributed by atoms with Gasteiger partial charge < -0.3 is 19.5 Å². The third-order valence-electron chi connectivity index (χ3n) is 6.47. The molecule has 1 atom stereocenters. The van der Waals surface area contributed by atoms with Crippen LogP contribution in [0.15, 0.2) is 42.6 Å². The number of carbonyl (C=O) groups excluding carboxylic acids is 2. The molecule has 1 N–H and O–H groups in total. The summed E-state index contributed by atoms with van der Waals surface area (Å²) in [6.07, 6.45) is 1.37. The van der Waals surface area contributed by atoms with E-state index in [1.807, 2.05) is 52.0 Å². The standard InChI is InChI=1S/C28H35N3O5/c1-18-15-24(34-5)22(21-11-13-31(25(18)21)27(33)36-28(2,3)4)17-30-14-12-29-16-23(30)19-7-9-20(10-8-19)26(32)35-6/h7-11,13,15,23,29H,12,14,16-17H2,1-6H3/t23-/m0/s1. The van der Waals surface area contributed by atoms with Crippen LogP contribution in [0.2, 0.25) is 0 Å². The van der Waals surface area contributed by atoms with Gasteiger partial charge in [0.1, 0.15) is 11.4 Å². The van der Waals surface area contributed by atoms with Crippen LogP contribution >= 0.6 is 0 Å². The van der Waals surface area contributed by atoms with Crippen molar-refractivity contribution >= 4 is 23.0 Å². The molecule has 0 unspecified atom stereocenters. The van der Waals surface area contributed by atoms with Gasteiger partial charge in [0, 0.05) is 49.4 Å². The highest BCUT2D eigenvalue weighted by molar-refractivity contribution is 5.95. The molecule has 2 aromatic carbocycles. The van der Waals surface area contributed by atoms with Crippen LogP contribution < -0.4 is 10.1 Å². The van der Waals surface area contributed by atoms with Gasteiger partial charge in [0.15, 0.2) is 0 Å². The monoisotopic (exact) mass is 493 g/mol. The van der Waals surface area contributed by atoms with Crippen LogP contribution in [0, 0.1) is 6.92 Å². The van der Waals surface area contributed by atoms with E-state index in [9.17, 15) is 9.59 Å². The van der Waals surface area contributed by atoms with E-state index in [-0.39, 0.29) is 12.0 Å². The third-order valence-corrected chi connectivity index (χ3v) is 6.47. The summed E-state index contributed by atoms with van der Waals surface area (Å²) in [5.74, 6) is 0.446. The van der Waals surface area contributed by atoms with Gasteiger partial charge in [0.05, 0.1) is 25.3 Å². The molecule has 0 aliphatic carbocycles. The zero-order valence-corrected chi connectivity index (χ0v) is 21.9. The summed E-state index contributed by atoms with van der Waals surface area (Å²) in [4.78, 5) is 27.2. The number of ether oxygens (including phenoxy) is 3. The molecule has 2 heterocycles. The molecule has 1 aromatic heterocycles. The minimum Gasteiger partial charge on any atom is -0.496 e. The number of piperazine rings is 1. The van der Waals surface area contributed by atoms with Gasteiger partial charge in [-0.15, -0.1) is 0 Å². The van der Waals surface area contributed by atoms with E-state index in [4.69, 9.17) is 14.2 Å². The fraction of sp³-hybridized carbons (Fsp3) is 0.429. The van der Waals surface area contributed by atoms with Crippen molar-refractivity contribution in [2.75, 3.05) is 33.9 Å². The van der Waals surface area contributed by atoms with Crippen LogP contribution in [-0.2, 0) is 16.0 Å². The first-order valence-corrected chi connectivity index (χ1v) is 12.2. The molecular weight excluding hydrogens is 458 g/mol. The summed E-state index contributed by atoms with van der Waals surface area (Å²) in [7, 11) is 3.06. The van der Waals surface area contributed by atoms with Gasteiger partial charge in [0.2, 0.25) is 0 Å². The Bertz CT molecular complexity index is 1260. The van der Waals surface area contributed by atoms with Gasteiger partial charge in [-0.25, -0.2) is 9.59 Å². The fourth-order valence-electron chi connectivity index (χ4n) is 4.80. The van der Waals surface area contributed by atoms with Crippen molar-refractivity contribution in [3.63, 3.8) is 0 Å². The van der Waals surface area contributed by atoms with Crippen molar-refractivity contribution in [3.05, 3.63) is 64.8 Å². The second-order valence-corrected chi connectivity index (χ2v) is 10.1. The van der Waals surface area contributed by atoms with Gasteiger partial charge in [-0.1, -0.05) is 12.1 Å². The lowest BCUT2D eigenvalue weighted by molar-refractivity contribution is 0.0542. The normalized spacial score (nSPS) is 16.7. The Morgan fingerprint density at radius 1 is 1.11 bits per heavy atom.